The third kappa shape index (κ3) is 2.79. The van der Waals surface area contributed by atoms with Gasteiger partial charge >= 0.3 is 6.09 Å². The summed E-state index contributed by atoms with van der Waals surface area (Å²) < 4.78 is 6.55. The predicted molar refractivity (Wildman–Crippen MR) is 86.3 cm³/mol. The molecular formula is C16H19BrN2O2. The number of rotatable bonds is 0. The van der Waals surface area contributed by atoms with Gasteiger partial charge in [0.1, 0.15) is 5.60 Å². The smallest absolute Gasteiger partial charge is 0.410 e. The number of halogens is 1. The second-order valence-corrected chi connectivity index (χ2v) is 7.25. The fourth-order valence-corrected chi connectivity index (χ4v) is 3.34. The van der Waals surface area contributed by atoms with Crippen LogP contribution < -0.4 is 0 Å². The van der Waals surface area contributed by atoms with Crippen LogP contribution in [0.5, 0.6) is 0 Å². The number of amides is 1. The maximum atomic E-state index is 12.2. The van der Waals surface area contributed by atoms with Gasteiger partial charge in [-0.3, -0.25) is 0 Å². The third-order valence-electron chi connectivity index (χ3n) is 3.60. The molecule has 4 nitrogen and oxygen atoms in total. The number of nitrogens with zero attached hydrogens (tertiary/aromatic N) is 1. The summed E-state index contributed by atoms with van der Waals surface area (Å²) in [6.45, 7) is 6.93. The van der Waals surface area contributed by atoms with E-state index in [1.54, 1.807) is 4.90 Å². The van der Waals surface area contributed by atoms with Gasteiger partial charge in [0.05, 0.1) is 6.54 Å². The summed E-state index contributed by atoms with van der Waals surface area (Å²) in [5.74, 6) is 0. The molecule has 0 radical (unpaired) electrons. The van der Waals surface area contributed by atoms with Crippen molar-refractivity contribution in [2.45, 2.75) is 39.3 Å². The quantitative estimate of drug-likeness (QED) is 0.772. The molecular weight excluding hydrogens is 332 g/mol. The van der Waals surface area contributed by atoms with E-state index in [4.69, 9.17) is 4.74 Å². The molecule has 1 amide bonds. The number of carbonyl (C=O) groups excluding carboxylic acids is 1. The Morgan fingerprint density at radius 3 is 2.86 bits per heavy atom. The van der Waals surface area contributed by atoms with Gasteiger partial charge < -0.3 is 14.6 Å². The van der Waals surface area contributed by atoms with Crippen LogP contribution in [0.4, 0.5) is 4.79 Å². The van der Waals surface area contributed by atoms with Crippen LogP contribution in [0.3, 0.4) is 0 Å². The molecule has 0 unspecified atom stereocenters. The Hall–Kier alpha value is -1.49. The summed E-state index contributed by atoms with van der Waals surface area (Å²) in [5, 5.41) is 1.23. The lowest BCUT2D eigenvalue weighted by atomic mass is 10.0. The molecule has 0 fully saturated rings. The Labute approximate surface area is 132 Å². The molecule has 3 rings (SSSR count). The fraction of sp³-hybridized carbons (Fsp3) is 0.438. The van der Waals surface area contributed by atoms with Gasteiger partial charge in [-0.25, -0.2) is 4.79 Å². The second kappa shape index (κ2) is 5.05. The first-order chi connectivity index (χ1) is 9.85. The molecule has 0 atom stereocenters. The summed E-state index contributed by atoms with van der Waals surface area (Å²) in [6, 6.07) is 6.13. The lowest BCUT2D eigenvalue weighted by Gasteiger charge is -2.30. The van der Waals surface area contributed by atoms with Gasteiger partial charge in [-0.05, 0) is 44.9 Å². The number of carbonyl (C=O) groups is 1. The van der Waals surface area contributed by atoms with Crippen molar-refractivity contribution < 1.29 is 9.53 Å². The van der Waals surface area contributed by atoms with Gasteiger partial charge in [-0.2, -0.15) is 0 Å². The summed E-state index contributed by atoms with van der Waals surface area (Å²) in [4.78, 5) is 17.4. The number of H-pyrrole nitrogens is 1. The Kier molecular flexibility index (Phi) is 3.48. The number of aromatic amines is 1. The van der Waals surface area contributed by atoms with Gasteiger partial charge in [0.25, 0.3) is 0 Å². The zero-order valence-electron chi connectivity index (χ0n) is 12.5. The average molecular weight is 351 g/mol. The maximum absolute atomic E-state index is 12.2. The van der Waals surface area contributed by atoms with E-state index in [-0.39, 0.29) is 6.09 Å². The Bertz CT molecular complexity index is 700. The number of aromatic nitrogens is 1. The number of ether oxygens (including phenoxy) is 1. The largest absolute Gasteiger partial charge is 0.444 e. The van der Waals surface area contributed by atoms with Crippen molar-refractivity contribution in [3.05, 3.63) is 33.9 Å². The van der Waals surface area contributed by atoms with E-state index in [9.17, 15) is 4.79 Å². The van der Waals surface area contributed by atoms with E-state index in [2.05, 4.69) is 33.0 Å². The molecule has 5 heteroatoms. The Morgan fingerprint density at radius 2 is 2.14 bits per heavy atom. The highest BCUT2D eigenvalue weighted by Gasteiger charge is 2.27. The van der Waals surface area contributed by atoms with E-state index in [0.717, 1.165) is 22.1 Å². The number of hydrogen-bond donors (Lipinski definition) is 1. The maximum Gasteiger partial charge on any atom is 0.410 e. The van der Waals surface area contributed by atoms with E-state index in [0.29, 0.717) is 13.1 Å². The summed E-state index contributed by atoms with van der Waals surface area (Å²) >= 11 is 3.61. The highest BCUT2D eigenvalue weighted by atomic mass is 79.9. The van der Waals surface area contributed by atoms with Crippen LogP contribution in [0, 0.1) is 0 Å². The first-order valence-corrected chi connectivity index (χ1v) is 7.90. The lowest BCUT2D eigenvalue weighted by Crippen LogP contribution is -2.39. The average Bonchev–Trinajstić information content (AvgIpc) is 2.75. The fourth-order valence-electron chi connectivity index (χ4n) is 2.73. The van der Waals surface area contributed by atoms with Crippen molar-refractivity contribution in [1.82, 2.24) is 9.88 Å². The first-order valence-electron chi connectivity index (χ1n) is 7.11. The Balaban J connectivity index is 1.88. The molecule has 0 spiro atoms. The highest BCUT2D eigenvalue weighted by Crippen LogP contribution is 2.33. The summed E-state index contributed by atoms with van der Waals surface area (Å²) in [7, 11) is 0. The van der Waals surface area contributed by atoms with Crippen molar-refractivity contribution in [1.29, 1.82) is 0 Å². The molecule has 112 valence electrons. The van der Waals surface area contributed by atoms with Crippen molar-refractivity contribution in [3.8, 4) is 0 Å². The predicted octanol–water partition coefficient (Wildman–Crippen LogP) is 4.22. The second-order valence-electron chi connectivity index (χ2n) is 6.40. The van der Waals surface area contributed by atoms with Crippen LogP contribution in [0.15, 0.2) is 22.7 Å². The summed E-state index contributed by atoms with van der Waals surface area (Å²) in [6.07, 6.45) is 0.600. The molecule has 21 heavy (non-hydrogen) atoms. The molecule has 1 N–H and O–H groups in total. The molecule has 2 aromatic rings. The molecule has 0 saturated carbocycles. The zero-order chi connectivity index (χ0) is 15.2. The topological polar surface area (TPSA) is 45.3 Å². The number of nitrogens with one attached hydrogen (secondary N) is 1. The molecule has 1 aliphatic heterocycles. The molecule has 1 aromatic heterocycles. The molecule has 0 bridgehead atoms. The van der Waals surface area contributed by atoms with Crippen LogP contribution in [0.2, 0.25) is 0 Å². The van der Waals surface area contributed by atoms with Gasteiger partial charge in [0.2, 0.25) is 0 Å². The molecule has 0 saturated heterocycles. The van der Waals surface area contributed by atoms with Crippen LogP contribution in [-0.2, 0) is 17.7 Å². The third-order valence-corrected chi connectivity index (χ3v) is 4.26. The number of hydrogen-bond acceptors (Lipinski definition) is 2. The normalized spacial score (nSPS) is 15.1. The SMILES string of the molecule is CC(C)(C)OC(=O)N1CCc2c([nH]c3cccc(Br)c23)C1. The minimum atomic E-state index is -0.458. The van der Waals surface area contributed by atoms with Crippen LogP contribution in [0.1, 0.15) is 32.0 Å². The molecule has 2 heterocycles. The first kappa shape index (κ1) is 14.4. The van der Waals surface area contributed by atoms with Crippen molar-refractivity contribution >= 4 is 32.9 Å². The van der Waals surface area contributed by atoms with Crippen molar-refractivity contribution in [2.75, 3.05) is 6.54 Å². The highest BCUT2D eigenvalue weighted by molar-refractivity contribution is 9.10. The van der Waals surface area contributed by atoms with Crippen LogP contribution in [-0.4, -0.2) is 28.1 Å². The van der Waals surface area contributed by atoms with Crippen molar-refractivity contribution in [2.24, 2.45) is 0 Å². The zero-order valence-corrected chi connectivity index (χ0v) is 14.1. The lowest BCUT2D eigenvalue weighted by molar-refractivity contribution is 0.0222. The molecule has 1 aromatic carbocycles. The van der Waals surface area contributed by atoms with E-state index in [1.165, 1.54) is 10.9 Å². The van der Waals surface area contributed by atoms with Gasteiger partial charge in [-0.15, -0.1) is 0 Å². The standard InChI is InChI=1S/C16H19BrN2O2/c1-16(2,3)21-15(20)19-8-7-10-13(9-19)18-12-6-4-5-11(17)14(10)12/h4-6,18H,7-9H2,1-3H3. The molecule has 0 aliphatic carbocycles. The van der Waals surface area contributed by atoms with Gasteiger partial charge in [0.15, 0.2) is 0 Å². The van der Waals surface area contributed by atoms with E-state index < -0.39 is 5.60 Å². The van der Waals surface area contributed by atoms with Crippen LogP contribution in [0.25, 0.3) is 10.9 Å². The number of fused-ring (bicyclic) bond motifs is 3. The van der Waals surface area contributed by atoms with E-state index in [1.807, 2.05) is 26.8 Å². The minimum Gasteiger partial charge on any atom is -0.444 e. The van der Waals surface area contributed by atoms with Crippen molar-refractivity contribution in [3.63, 3.8) is 0 Å². The van der Waals surface area contributed by atoms with Crippen LogP contribution >= 0.6 is 15.9 Å². The number of benzene rings is 1. The minimum absolute atomic E-state index is 0.245. The molecule has 1 aliphatic rings. The Morgan fingerprint density at radius 1 is 1.38 bits per heavy atom. The van der Waals surface area contributed by atoms with E-state index >= 15 is 0 Å². The monoisotopic (exact) mass is 350 g/mol. The van der Waals surface area contributed by atoms with Gasteiger partial charge in [-0.1, -0.05) is 22.0 Å². The summed E-state index contributed by atoms with van der Waals surface area (Å²) in [5.41, 5.74) is 3.06. The van der Waals surface area contributed by atoms with Gasteiger partial charge in [0, 0.05) is 27.6 Å².